The van der Waals surface area contributed by atoms with Crippen molar-refractivity contribution in [2.75, 3.05) is 4.90 Å². The molecule has 0 spiro atoms. The van der Waals surface area contributed by atoms with Gasteiger partial charge in [0.15, 0.2) is 0 Å². The Balaban J connectivity index is 1.77. The zero-order valence-corrected chi connectivity index (χ0v) is 10.7. The van der Waals surface area contributed by atoms with Crippen LogP contribution in [0.3, 0.4) is 0 Å². The summed E-state index contributed by atoms with van der Waals surface area (Å²) < 4.78 is 0. The lowest BCUT2D eigenvalue weighted by Crippen LogP contribution is -2.38. The second-order valence-corrected chi connectivity index (χ2v) is 5.58. The maximum atomic E-state index is 12.5. The lowest BCUT2D eigenvalue weighted by molar-refractivity contribution is -0.119. The first-order valence-electron chi connectivity index (χ1n) is 6.27. The van der Waals surface area contributed by atoms with Crippen LogP contribution in [-0.2, 0) is 4.79 Å². The number of nitrogens with zero attached hydrogens (tertiary/aromatic N) is 2. The molecule has 1 aromatic rings. The highest BCUT2D eigenvalue weighted by molar-refractivity contribution is 6.31. The Labute approximate surface area is 115 Å². The van der Waals surface area contributed by atoms with Gasteiger partial charge in [-0.1, -0.05) is 29.8 Å². The van der Waals surface area contributed by atoms with Gasteiger partial charge in [0.2, 0.25) is 0 Å². The number of fused-ring (bicyclic) bond motifs is 5. The molecule has 1 aromatic carbocycles. The van der Waals surface area contributed by atoms with Crippen molar-refractivity contribution in [1.29, 1.82) is 0 Å². The normalized spacial score (nSPS) is 31.5. The Morgan fingerprint density at radius 3 is 2.79 bits per heavy atom. The van der Waals surface area contributed by atoms with E-state index in [9.17, 15) is 9.59 Å². The fourth-order valence-electron chi connectivity index (χ4n) is 3.32. The summed E-state index contributed by atoms with van der Waals surface area (Å²) in [6, 6.07) is 6.39. The average Bonchev–Trinajstić information content (AvgIpc) is 3.04. The van der Waals surface area contributed by atoms with E-state index in [1.165, 1.54) is 4.90 Å². The number of rotatable bonds is 1. The van der Waals surface area contributed by atoms with Crippen LogP contribution in [0.1, 0.15) is 6.42 Å². The molecule has 2 heterocycles. The number of halogens is 1. The number of carbonyl (C=O) groups is 2. The predicted octanol–water partition coefficient (Wildman–Crippen LogP) is 2.44. The number of hydrogen-bond acceptors (Lipinski definition) is 2. The molecule has 4 nitrogen and oxygen atoms in total. The molecule has 0 unspecified atom stereocenters. The van der Waals surface area contributed by atoms with Crippen LogP contribution in [0.5, 0.6) is 0 Å². The van der Waals surface area contributed by atoms with Gasteiger partial charge in [0.25, 0.3) is 5.91 Å². The van der Waals surface area contributed by atoms with Crippen molar-refractivity contribution in [1.82, 2.24) is 4.90 Å². The summed E-state index contributed by atoms with van der Waals surface area (Å²) in [5, 5.41) is 0.520. The van der Waals surface area contributed by atoms with Crippen LogP contribution in [0.25, 0.3) is 0 Å². The number of benzene rings is 1. The zero-order chi connectivity index (χ0) is 13.1. The summed E-state index contributed by atoms with van der Waals surface area (Å²) >= 11 is 5.93. The fraction of sp³-hybridized carbons (Fsp3) is 0.286. The van der Waals surface area contributed by atoms with Crippen LogP contribution in [-0.4, -0.2) is 28.9 Å². The van der Waals surface area contributed by atoms with Crippen molar-refractivity contribution in [2.24, 2.45) is 5.92 Å². The first-order chi connectivity index (χ1) is 9.16. The molecule has 0 radical (unpaired) electrons. The largest absolute Gasteiger partial charge is 0.332 e. The SMILES string of the molecule is O=C1[C@@H]2[C@@H]3C=C[C@@H](C3)N2C(=O)N1c1cccc(Cl)c1. The van der Waals surface area contributed by atoms with Crippen LogP contribution >= 0.6 is 11.6 Å². The van der Waals surface area contributed by atoms with E-state index in [1.807, 2.05) is 6.08 Å². The second-order valence-electron chi connectivity index (χ2n) is 5.14. The molecule has 0 saturated carbocycles. The third kappa shape index (κ3) is 1.35. The van der Waals surface area contributed by atoms with Crippen molar-refractivity contribution in [3.63, 3.8) is 0 Å². The average molecular weight is 275 g/mol. The van der Waals surface area contributed by atoms with Crippen molar-refractivity contribution in [3.8, 4) is 0 Å². The van der Waals surface area contributed by atoms with Crippen molar-refractivity contribution in [2.45, 2.75) is 18.5 Å². The Morgan fingerprint density at radius 1 is 1.21 bits per heavy atom. The number of imide groups is 1. The van der Waals surface area contributed by atoms with Crippen LogP contribution < -0.4 is 4.90 Å². The van der Waals surface area contributed by atoms with E-state index in [-0.39, 0.29) is 29.9 Å². The first kappa shape index (κ1) is 11.1. The molecule has 2 fully saturated rings. The van der Waals surface area contributed by atoms with Gasteiger partial charge in [0.05, 0.1) is 11.7 Å². The molecule has 19 heavy (non-hydrogen) atoms. The monoisotopic (exact) mass is 274 g/mol. The van der Waals surface area contributed by atoms with Gasteiger partial charge in [0, 0.05) is 10.9 Å². The van der Waals surface area contributed by atoms with Crippen LogP contribution in [0.15, 0.2) is 36.4 Å². The quantitative estimate of drug-likeness (QED) is 0.583. The van der Waals surface area contributed by atoms with Gasteiger partial charge >= 0.3 is 6.03 Å². The molecule has 3 aliphatic rings. The third-order valence-electron chi connectivity index (χ3n) is 4.11. The molecule has 5 heteroatoms. The molecule has 3 atom stereocenters. The minimum Gasteiger partial charge on any atom is -0.305 e. The number of urea groups is 1. The van der Waals surface area contributed by atoms with Gasteiger partial charge in [-0.3, -0.25) is 4.79 Å². The minimum atomic E-state index is -0.318. The van der Waals surface area contributed by atoms with Gasteiger partial charge in [-0.25, -0.2) is 9.69 Å². The summed E-state index contributed by atoms with van der Waals surface area (Å²) in [5.41, 5.74) is 0.552. The summed E-state index contributed by atoms with van der Waals surface area (Å²) in [6.07, 6.45) is 4.96. The molecule has 4 rings (SSSR count). The topological polar surface area (TPSA) is 40.6 Å². The van der Waals surface area contributed by atoms with Crippen LogP contribution in [0.2, 0.25) is 5.02 Å². The predicted molar refractivity (Wildman–Crippen MR) is 71.0 cm³/mol. The molecule has 2 aliphatic heterocycles. The lowest BCUT2D eigenvalue weighted by atomic mass is 10.0. The first-order valence-corrected chi connectivity index (χ1v) is 6.65. The van der Waals surface area contributed by atoms with E-state index in [0.29, 0.717) is 10.7 Å². The molecular weight excluding hydrogens is 264 g/mol. The van der Waals surface area contributed by atoms with E-state index in [0.717, 1.165) is 6.42 Å². The molecule has 2 saturated heterocycles. The Morgan fingerprint density at radius 2 is 2.05 bits per heavy atom. The van der Waals surface area contributed by atoms with Crippen molar-refractivity contribution < 1.29 is 9.59 Å². The lowest BCUT2D eigenvalue weighted by Gasteiger charge is -2.22. The molecule has 3 amide bonds. The highest BCUT2D eigenvalue weighted by Gasteiger charge is 2.57. The summed E-state index contributed by atoms with van der Waals surface area (Å²) in [7, 11) is 0. The number of anilines is 1. The van der Waals surface area contributed by atoms with E-state index < -0.39 is 0 Å². The smallest absolute Gasteiger partial charge is 0.305 e. The van der Waals surface area contributed by atoms with E-state index in [2.05, 4.69) is 6.08 Å². The van der Waals surface area contributed by atoms with E-state index >= 15 is 0 Å². The maximum absolute atomic E-state index is 12.5. The van der Waals surface area contributed by atoms with Crippen LogP contribution in [0, 0.1) is 5.92 Å². The Hall–Kier alpha value is -1.81. The molecule has 1 aliphatic carbocycles. The van der Waals surface area contributed by atoms with Gasteiger partial charge in [-0.2, -0.15) is 0 Å². The zero-order valence-electron chi connectivity index (χ0n) is 9.99. The maximum Gasteiger partial charge on any atom is 0.332 e. The third-order valence-corrected chi connectivity index (χ3v) is 4.34. The number of hydrogen-bond donors (Lipinski definition) is 0. The van der Waals surface area contributed by atoms with Gasteiger partial charge < -0.3 is 4.90 Å². The highest BCUT2D eigenvalue weighted by Crippen LogP contribution is 2.43. The number of amides is 3. The Kier molecular flexibility index (Phi) is 2.10. The van der Waals surface area contributed by atoms with Crippen molar-refractivity contribution >= 4 is 29.2 Å². The molecule has 2 bridgehead atoms. The molecule has 96 valence electrons. The number of carbonyl (C=O) groups excluding carboxylic acids is 2. The molecule has 0 aromatic heterocycles. The molecule has 0 N–H and O–H groups in total. The summed E-state index contributed by atoms with van der Waals surface area (Å²) in [5.74, 6) is 0.0368. The highest BCUT2D eigenvalue weighted by atomic mass is 35.5. The van der Waals surface area contributed by atoms with Crippen molar-refractivity contribution in [3.05, 3.63) is 41.4 Å². The van der Waals surface area contributed by atoms with E-state index in [4.69, 9.17) is 11.6 Å². The summed E-state index contributed by atoms with van der Waals surface area (Å²) in [4.78, 5) is 27.9. The standard InChI is InChI=1S/C14H11ClN2O2/c15-9-2-1-3-10(7-9)17-13(18)12-8-4-5-11(6-8)16(12)14(17)19/h1-5,7-8,11-12H,6H2/t8-,11+,12+/m1/s1. The van der Waals surface area contributed by atoms with Gasteiger partial charge in [0.1, 0.15) is 6.04 Å². The van der Waals surface area contributed by atoms with E-state index in [1.54, 1.807) is 29.2 Å². The van der Waals surface area contributed by atoms with Gasteiger partial charge in [-0.05, 0) is 24.6 Å². The second kappa shape index (κ2) is 3.61. The minimum absolute atomic E-state index is 0.0793. The summed E-state index contributed by atoms with van der Waals surface area (Å²) in [6.45, 7) is 0. The fourth-order valence-corrected chi connectivity index (χ4v) is 3.50. The molecular formula is C14H11ClN2O2. The van der Waals surface area contributed by atoms with Crippen LogP contribution in [0.4, 0.5) is 10.5 Å². The van der Waals surface area contributed by atoms with Gasteiger partial charge in [-0.15, -0.1) is 0 Å². The Bertz CT molecular complexity index is 598.